The Hall–Kier alpha value is -1.40. The van der Waals surface area contributed by atoms with Gasteiger partial charge in [0, 0.05) is 47.5 Å². The van der Waals surface area contributed by atoms with E-state index in [4.69, 9.17) is 0 Å². The molecule has 1 saturated carbocycles. The van der Waals surface area contributed by atoms with Crippen molar-refractivity contribution in [3.63, 3.8) is 0 Å². The minimum Gasteiger partial charge on any atom is -0.356 e. The molecule has 2 N–H and O–H groups in total. The standard InChI is InChI=1S/C19H25BrN4S/c1-14-12-25-17(24-14)8-5-11-22-18(21-2)23-13-19(9-10-19)15-6-3-4-7-16(15)20/h3-4,6-7,12H,5,8-11,13H2,1-2H3,(H2,21,22,23). The van der Waals surface area contributed by atoms with Gasteiger partial charge in [0.05, 0.1) is 5.01 Å². The summed E-state index contributed by atoms with van der Waals surface area (Å²) in [5.74, 6) is 0.883. The third-order valence-corrected chi connectivity index (χ3v) is 6.36. The van der Waals surface area contributed by atoms with Crippen molar-refractivity contribution in [1.29, 1.82) is 0 Å². The van der Waals surface area contributed by atoms with E-state index >= 15 is 0 Å². The molecule has 0 radical (unpaired) electrons. The first-order valence-corrected chi connectivity index (χ1v) is 10.4. The zero-order valence-electron chi connectivity index (χ0n) is 14.8. The van der Waals surface area contributed by atoms with Crippen molar-refractivity contribution in [1.82, 2.24) is 15.6 Å². The maximum atomic E-state index is 4.51. The van der Waals surface area contributed by atoms with Gasteiger partial charge in [0.25, 0.3) is 0 Å². The number of hydrogen-bond donors (Lipinski definition) is 2. The molecule has 1 aliphatic rings. The maximum absolute atomic E-state index is 4.51. The number of thiazole rings is 1. The number of aromatic nitrogens is 1. The van der Waals surface area contributed by atoms with Crippen molar-refractivity contribution in [3.8, 4) is 0 Å². The molecule has 25 heavy (non-hydrogen) atoms. The summed E-state index contributed by atoms with van der Waals surface area (Å²) >= 11 is 5.44. The fourth-order valence-electron chi connectivity index (χ4n) is 3.02. The van der Waals surface area contributed by atoms with Crippen LogP contribution >= 0.6 is 27.3 Å². The predicted molar refractivity (Wildman–Crippen MR) is 110 cm³/mol. The van der Waals surface area contributed by atoms with E-state index in [1.54, 1.807) is 11.3 Å². The van der Waals surface area contributed by atoms with E-state index in [0.717, 1.165) is 37.6 Å². The molecule has 6 heteroatoms. The average molecular weight is 421 g/mol. The molecule has 1 heterocycles. The molecule has 0 spiro atoms. The first-order valence-electron chi connectivity index (χ1n) is 8.73. The first-order chi connectivity index (χ1) is 12.1. The van der Waals surface area contributed by atoms with Gasteiger partial charge in [-0.05, 0) is 37.8 Å². The van der Waals surface area contributed by atoms with Gasteiger partial charge in [-0.15, -0.1) is 11.3 Å². The summed E-state index contributed by atoms with van der Waals surface area (Å²) in [6.07, 6.45) is 4.53. The number of rotatable bonds is 7. The molecule has 3 rings (SSSR count). The van der Waals surface area contributed by atoms with Crippen LogP contribution in [0.25, 0.3) is 0 Å². The Morgan fingerprint density at radius 3 is 2.76 bits per heavy atom. The summed E-state index contributed by atoms with van der Waals surface area (Å²) in [5, 5.41) is 10.2. The molecular formula is C19H25BrN4S. The highest BCUT2D eigenvalue weighted by molar-refractivity contribution is 9.10. The van der Waals surface area contributed by atoms with Crippen LogP contribution < -0.4 is 10.6 Å². The first kappa shape index (κ1) is 18.4. The third kappa shape index (κ3) is 4.82. The molecule has 0 atom stereocenters. The smallest absolute Gasteiger partial charge is 0.191 e. The van der Waals surface area contributed by atoms with Crippen LogP contribution in [0.15, 0.2) is 39.1 Å². The van der Waals surface area contributed by atoms with Gasteiger partial charge in [0.15, 0.2) is 5.96 Å². The minimum absolute atomic E-state index is 0.246. The summed E-state index contributed by atoms with van der Waals surface area (Å²) in [7, 11) is 1.83. The molecule has 1 aliphatic carbocycles. The van der Waals surface area contributed by atoms with Crippen LogP contribution in [0.2, 0.25) is 0 Å². The van der Waals surface area contributed by atoms with Crippen LogP contribution in [0.4, 0.5) is 0 Å². The highest BCUT2D eigenvalue weighted by Gasteiger charge is 2.45. The van der Waals surface area contributed by atoms with Gasteiger partial charge in [-0.1, -0.05) is 34.1 Å². The van der Waals surface area contributed by atoms with Crippen LogP contribution in [0.1, 0.15) is 35.5 Å². The van der Waals surface area contributed by atoms with Gasteiger partial charge in [-0.25, -0.2) is 4.98 Å². The number of nitrogens with zero attached hydrogens (tertiary/aromatic N) is 2. The number of guanidine groups is 1. The van der Waals surface area contributed by atoms with Gasteiger partial charge in [0.2, 0.25) is 0 Å². The van der Waals surface area contributed by atoms with Crippen LogP contribution in [-0.2, 0) is 11.8 Å². The Bertz CT molecular complexity index is 737. The maximum Gasteiger partial charge on any atom is 0.191 e. The molecule has 1 aromatic carbocycles. The number of halogens is 1. The molecule has 1 aromatic heterocycles. The second kappa shape index (κ2) is 8.32. The predicted octanol–water partition coefficient (Wildman–Crippen LogP) is 4.04. The Balaban J connectivity index is 1.44. The lowest BCUT2D eigenvalue weighted by atomic mass is 9.96. The summed E-state index contributed by atoms with van der Waals surface area (Å²) in [4.78, 5) is 8.86. The summed E-state index contributed by atoms with van der Waals surface area (Å²) in [5.41, 5.74) is 2.76. The Morgan fingerprint density at radius 2 is 2.12 bits per heavy atom. The molecule has 0 amide bonds. The van der Waals surface area contributed by atoms with Crippen LogP contribution in [-0.4, -0.2) is 31.1 Å². The molecule has 134 valence electrons. The lowest BCUT2D eigenvalue weighted by Gasteiger charge is -2.20. The molecule has 4 nitrogen and oxygen atoms in total. The highest BCUT2D eigenvalue weighted by atomic mass is 79.9. The zero-order chi connectivity index (χ0) is 17.7. The van der Waals surface area contributed by atoms with Crippen molar-refractivity contribution >= 4 is 33.2 Å². The van der Waals surface area contributed by atoms with E-state index in [1.165, 1.54) is 27.9 Å². The summed E-state index contributed by atoms with van der Waals surface area (Å²) < 4.78 is 1.20. The zero-order valence-corrected chi connectivity index (χ0v) is 17.2. The minimum atomic E-state index is 0.246. The molecular weight excluding hydrogens is 396 g/mol. The fraction of sp³-hybridized carbons (Fsp3) is 0.474. The number of hydrogen-bond acceptors (Lipinski definition) is 3. The second-order valence-corrected chi connectivity index (χ2v) is 8.40. The molecule has 2 aromatic rings. The lowest BCUT2D eigenvalue weighted by Crippen LogP contribution is -2.41. The highest BCUT2D eigenvalue weighted by Crippen LogP contribution is 2.49. The van der Waals surface area contributed by atoms with Gasteiger partial charge in [-0.2, -0.15) is 0 Å². The van der Waals surface area contributed by atoms with E-state index in [0.29, 0.717) is 0 Å². The van der Waals surface area contributed by atoms with Crippen LogP contribution in [0.5, 0.6) is 0 Å². The molecule has 1 fully saturated rings. The Kier molecular flexibility index (Phi) is 6.12. The monoisotopic (exact) mass is 420 g/mol. The van der Waals surface area contributed by atoms with E-state index in [1.807, 2.05) is 14.0 Å². The normalized spacial score (nSPS) is 15.9. The quantitative estimate of drug-likeness (QED) is 0.403. The lowest BCUT2D eigenvalue weighted by molar-refractivity contribution is 0.639. The van der Waals surface area contributed by atoms with Crippen molar-refractivity contribution in [3.05, 3.63) is 50.4 Å². The van der Waals surface area contributed by atoms with E-state index in [9.17, 15) is 0 Å². The fourth-order valence-corrected chi connectivity index (χ4v) is 4.54. The Labute approximate surface area is 162 Å². The van der Waals surface area contributed by atoms with E-state index < -0.39 is 0 Å². The van der Waals surface area contributed by atoms with Gasteiger partial charge < -0.3 is 10.6 Å². The largest absolute Gasteiger partial charge is 0.356 e. The van der Waals surface area contributed by atoms with E-state index in [2.05, 4.69) is 66.2 Å². The Morgan fingerprint density at radius 1 is 1.32 bits per heavy atom. The summed E-state index contributed by atoms with van der Waals surface area (Å²) in [6.45, 7) is 3.87. The molecule has 0 unspecified atom stereocenters. The number of nitrogens with one attached hydrogen (secondary N) is 2. The van der Waals surface area contributed by atoms with Crippen LogP contribution in [0.3, 0.4) is 0 Å². The van der Waals surface area contributed by atoms with Crippen molar-refractivity contribution in [2.24, 2.45) is 4.99 Å². The number of benzene rings is 1. The van der Waals surface area contributed by atoms with Crippen molar-refractivity contribution in [2.75, 3.05) is 20.1 Å². The molecule has 0 aliphatic heterocycles. The SMILES string of the molecule is CN=C(NCCCc1nc(C)cs1)NCC1(c2ccccc2Br)CC1. The van der Waals surface area contributed by atoms with Gasteiger partial charge >= 0.3 is 0 Å². The average Bonchev–Trinajstić information content (AvgIpc) is 3.29. The number of aliphatic imine (C=N–C) groups is 1. The third-order valence-electron chi connectivity index (χ3n) is 4.64. The van der Waals surface area contributed by atoms with Gasteiger partial charge in [0.1, 0.15) is 0 Å². The second-order valence-electron chi connectivity index (χ2n) is 6.60. The van der Waals surface area contributed by atoms with Gasteiger partial charge in [-0.3, -0.25) is 4.99 Å². The molecule has 0 saturated heterocycles. The number of aryl methyl sites for hydroxylation is 2. The topological polar surface area (TPSA) is 49.3 Å². The van der Waals surface area contributed by atoms with Crippen molar-refractivity contribution in [2.45, 2.75) is 38.0 Å². The summed E-state index contributed by atoms with van der Waals surface area (Å²) in [6, 6.07) is 8.54. The van der Waals surface area contributed by atoms with Crippen LogP contribution in [0, 0.1) is 6.92 Å². The molecule has 0 bridgehead atoms. The van der Waals surface area contributed by atoms with Crippen molar-refractivity contribution < 1.29 is 0 Å². The van der Waals surface area contributed by atoms with E-state index in [-0.39, 0.29) is 5.41 Å².